The average Bonchev–Trinajstić information content (AvgIpc) is 2.49. The first-order valence-electron chi connectivity index (χ1n) is 6.44. The van der Waals surface area contributed by atoms with Crippen molar-refractivity contribution in [3.63, 3.8) is 0 Å². The minimum Gasteiger partial charge on any atom is -0.362 e. The molecule has 112 valence electrons. The average molecular weight is 294 g/mol. The Bertz CT molecular complexity index is 576. The summed E-state index contributed by atoms with van der Waals surface area (Å²) >= 11 is 0. The summed E-state index contributed by atoms with van der Waals surface area (Å²) in [7, 11) is 1.48. The Morgan fingerprint density at radius 2 is 2.24 bits per heavy atom. The molecule has 1 fully saturated rings. The molecule has 0 spiro atoms. The van der Waals surface area contributed by atoms with Crippen molar-refractivity contribution >= 4 is 18.1 Å². The molecule has 7 heteroatoms. The number of methoxy groups -OCH3 is 1. The maximum absolute atomic E-state index is 13.2. The Hall–Kier alpha value is -2.28. The van der Waals surface area contributed by atoms with E-state index in [4.69, 9.17) is 4.74 Å². The van der Waals surface area contributed by atoms with E-state index < -0.39 is 17.8 Å². The number of halogens is 1. The molecule has 1 aliphatic rings. The van der Waals surface area contributed by atoms with Gasteiger partial charge in [0.1, 0.15) is 18.1 Å². The molecule has 0 aliphatic carbocycles. The first kappa shape index (κ1) is 15.1. The Kier molecular flexibility index (Phi) is 4.64. The monoisotopic (exact) mass is 294 g/mol. The van der Waals surface area contributed by atoms with Gasteiger partial charge in [-0.3, -0.25) is 14.4 Å². The summed E-state index contributed by atoms with van der Waals surface area (Å²) in [6, 6.07) is 2.56. The SMILES string of the molecule is COC1CCC(NC(=O)c2cc(F)ccc2C=O)C(=O)N1. The second-order valence-electron chi connectivity index (χ2n) is 4.69. The number of rotatable bonds is 4. The van der Waals surface area contributed by atoms with E-state index >= 15 is 0 Å². The molecular weight excluding hydrogens is 279 g/mol. The first-order valence-corrected chi connectivity index (χ1v) is 6.44. The molecule has 1 aromatic rings. The first-order chi connectivity index (χ1) is 10.0. The molecule has 2 amide bonds. The van der Waals surface area contributed by atoms with Crippen molar-refractivity contribution in [3.05, 3.63) is 35.1 Å². The van der Waals surface area contributed by atoms with Gasteiger partial charge in [0.25, 0.3) is 5.91 Å². The van der Waals surface area contributed by atoms with Crippen molar-refractivity contribution in [1.29, 1.82) is 0 Å². The third kappa shape index (κ3) is 3.43. The van der Waals surface area contributed by atoms with Crippen LogP contribution in [0.1, 0.15) is 33.6 Å². The Balaban J connectivity index is 2.10. The quantitative estimate of drug-likeness (QED) is 0.797. The maximum Gasteiger partial charge on any atom is 0.252 e. The largest absolute Gasteiger partial charge is 0.362 e. The lowest BCUT2D eigenvalue weighted by atomic mass is 10.0. The summed E-state index contributed by atoms with van der Waals surface area (Å²) < 4.78 is 18.2. The molecule has 1 saturated heterocycles. The normalized spacial score (nSPS) is 21.5. The van der Waals surface area contributed by atoms with Crippen LogP contribution in [0.5, 0.6) is 0 Å². The number of piperidine rings is 1. The molecule has 1 heterocycles. The van der Waals surface area contributed by atoms with Gasteiger partial charge in [-0.1, -0.05) is 0 Å². The van der Waals surface area contributed by atoms with Crippen molar-refractivity contribution < 1.29 is 23.5 Å². The highest BCUT2D eigenvalue weighted by Gasteiger charge is 2.29. The van der Waals surface area contributed by atoms with Gasteiger partial charge in [0, 0.05) is 12.7 Å². The third-order valence-electron chi connectivity index (χ3n) is 3.31. The molecule has 0 radical (unpaired) electrons. The van der Waals surface area contributed by atoms with Crippen LogP contribution in [-0.2, 0) is 9.53 Å². The molecule has 1 aromatic carbocycles. The topological polar surface area (TPSA) is 84.5 Å². The molecule has 0 bridgehead atoms. The van der Waals surface area contributed by atoms with Crippen LogP contribution >= 0.6 is 0 Å². The fraction of sp³-hybridized carbons (Fsp3) is 0.357. The Labute approximate surface area is 120 Å². The number of aldehydes is 1. The van der Waals surface area contributed by atoms with E-state index in [1.165, 1.54) is 13.2 Å². The van der Waals surface area contributed by atoms with E-state index in [1.807, 2.05) is 0 Å². The van der Waals surface area contributed by atoms with Gasteiger partial charge in [0.15, 0.2) is 6.29 Å². The highest BCUT2D eigenvalue weighted by Crippen LogP contribution is 2.13. The lowest BCUT2D eigenvalue weighted by molar-refractivity contribution is -0.130. The highest BCUT2D eigenvalue weighted by atomic mass is 19.1. The molecule has 2 atom stereocenters. The Morgan fingerprint density at radius 1 is 1.48 bits per heavy atom. The molecule has 2 unspecified atom stereocenters. The summed E-state index contributed by atoms with van der Waals surface area (Å²) in [6.07, 6.45) is 1.06. The highest BCUT2D eigenvalue weighted by molar-refractivity contribution is 6.03. The van der Waals surface area contributed by atoms with E-state index in [9.17, 15) is 18.8 Å². The number of amides is 2. The minimum atomic E-state index is -0.730. The Morgan fingerprint density at radius 3 is 2.86 bits per heavy atom. The molecule has 21 heavy (non-hydrogen) atoms. The van der Waals surface area contributed by atoms with Gasteiger partial charge in [-0.05, 0) is 31.0 Å². The third-order valence-corrected chi connectivity index (χ3v) is 3.31. The lowest BCUT2D eigenvalue weighted by Crippen LogP contribution is -2.54. The zero-order chi connectivity index (χ0) is 15.4. The van der Waals surface area contributed by atoms with Crippen molar-refractivity contribution in [1.82, 2.24) is 10.6 Å². The van der Waals surface area contributed by atoms with Gasteiger partial charge in [-0.2, -0.15) is 0 Å². The lowest BCUT2D eigenvalue weighted by Gasteiger charge is -2.28. The number of ether oxygens (including phenoxy) is 1. The van der Waals surface area contributed by atoms with Gasteiger partial charge in [0.2, 0.25) is 5.91 Å². The molecule has 2 N–H and O–H groups in total. The summed E-state index contributed by atoms with van der Waals surface area (Å²) in [5.41, 5.74) is -0.0217. The van der Waals surface area contributed by atoms with Crippen molar-refractivity contribution in [2.75, 3.05) is 7.11 Å². The summed E-state index contributed by atoms with van der Waals surface area (Å²) in [5, 5.41) is 5.09. The number of carbonyl (C=O) groups excluding carboxylic acids is 3. The molecule has 6 nitrogen and oxygen atoms in total. The fourth-order valence-electron chi connectivity index (χ4n) is 2.16. The smallest absolute Gasteiger partial charge is 0.252 e. The number of hydrogen-bond acceptors (Lipinski definition) is 4. The van der Waals surface area contributed by atoms with Crippen LogP contribution in [0.2, 0.25) is 0 Å². The molecule has 1 aliphatic heterocycles. The molecule has 0 saturated carbocycles. The summed E-state index contributed by atoms with van der Waals surface area (Å²) in [4.78, 5) is 34.8. The molecule has 0 aromatic heterocycles. The fourth-order valence-corrected chi connectivity index (χ4v) is 2.16. The second-order valence-corrected chi connectivity index (χ2v) is 4.69. The predicted octanol–water partition coefficient (Wildman–Crippen LogP) is 0.619. The van der Waals surface area contributed by atoms with E-state index in [1.54, 1.807) is 0 Å². The standard InChI is InChI=1S/C14H15FN2O4/c1-21-12-5-4-11(14(20)17-12)16-13(19)10-6-9(15)3-2-8(10)7-18/h2-3,6-7,11-12H,4-5H2,1H3,(H,16,19)(H,17,20). The van der Waals surface area contributed by atoms with Gasteiger partial charge < -0.3 is 15.4 Å². The molecule has 2 rings (SSSR count). The number of hydrogen-bond donors (Lipinski definition) is 2. The van der Waals surface area contributed by atoms with Crippen molar-refractivity contribution in [3.8, 4) is 0 Å². The van der Waals surface area contributed by atoms with E-state index in [-0.39, 0.29) is 23.3 Å². The van der Waals surface area contributed by atoms with Crippen LogP contribution in [0.3, 0.4) is 0 Å². The summed E-state index contributed by atoms with van der Waals surface area (Å²) in [6.45, 7) is 0. The number of benzene rings is 1. The zero-order valence-corrected chi connectivity index (χ0v) is 11.4. The van der Waals surface area contributed by atoms with Crippen LogP contribution in [0, 0.1) is 5.82 Å². The van der Waals surface area contributed by atoms with Gasteiger partial charge >= 0.3 is 0 Å². The van der Waals surface area contributed by atoms with Crippen molar-refractivity contribution in [2.45, 2.75) is 25.1 Å². The minimum absolute atomic E-state index is 0.0693. The number of nitrogens with one attached hydrogen (secondary N) is 2. The number of carbonyl (C=O) groups is 3. The zero-order valence-electron chi connectivity index (χ0n) is 11.4. The van der Waals surface area contributed by atoms with E-state index in [0.717, 1.165) is 12.1 Å². The van der Waals surface area contributed by atoms with Crippen LogP contribution in [0.25, 0.3) is 0 Å². The van der Waals surface area contributed by atoms with Crippen LogP contribution < -0.4 is 10.6 Å². The second kappa shape index (κ2) is 6.45. The van der Waals surface area contributed by atoms with Crippen LogP contribution in [-0.4, -0.2) is 37.5 Å². The van der Waals surface area contributed by atoms with Gasteiger partial charge in [0.05, 0.1) is 5.56 Å². The summed E-state index contributed by atoms with van der Waals surface area (Å²) in [5.74, 6) is -1.66. The van der Waals surface area contributed by atoms with Gasteiger partial charge in [-0.25, -0.2) is 4.39 Å². The maximum atomic E-state index is 13.2. The van der Waals surface area contributed by atoms with Crippen LogP contribution in [0.4, 0.5) is 4.39 Å². The van der Waals surface area contributed by atoms with Crippen molar-refractivity contribution in [2.24, 2.45) is 0 Å². The van der Waals surface area contributed by atoms with E-state index in [0.29, 0.717) is 19.1 Å². The predicted molar refractivity (Wildman–Crippen MR) is 71.2 cm³/mol. The van der Waals surface area contributed by atoms with Gasteiger partial charge in [-0.15, -0.1) is 0 Å². The van der Waals surface area contributed by atoms with E-state index in [2.05, 4.69) is 10.6 Å². The van der Waals surface area contributed by atoms with Crippen LogP contribution in [0.15, 0.2) is 18.2 Å². The molecular formula is C14H15FN2O4.